The normalized spacial score (nSPS) is 24.2. The number of carboxylic acid groups (broad SMARTS) is 1. The number of nitrogens with zero attached hydrogens (tertiary/aromatic N) is 1. The molecule has 5 nitrogen and oxygen atoms in total. The van der Waals surface area contributed by atoms with Crippen molar-refractivity contribution in [1.29, 1.82) is 0 Å². The number of amides is 2. The summed E-state index contributed by atoms with van der Waals surface area (Å²) in [5.41, 5.74) is 0. The van der Waals surface area contributed by atoms with Crippen molar-refractivity contribution < 1.29 is 14.7 Å². The number of aliphatic carboxylic acids is 1. The van der Waals surface area contributed by atoms with Gasteiger partial charge in [0.1, 0.15) is 0 Å². The molecule has 0 unspecified atom stereocenters. The number of likely N-dealkylation sites (tertiary alicyclic amines) is 1. The van der Waals surface area contributed by atoms with Crippen LogP contribution in [0.1, 0.15) is 6.92 Å². The molecule has 0 aromatic heterocycles. The summed E-state index contributed by atoms with van der Waals surface area (Å²) in [4.78, 5) is 24.0. The maximum Gasteiger partial charge on any atom is 0.317 e. The van der Waals surface area contributed by atoms with Crippen LogP contribution in [0.2, 0.25) is 0 Å². The number of hydrogen-bond donors (Lipinski definition) is 2. The van der Waals surface area contributed by atoms with Crippen molar-refractivity contribution in [3.8, 4) is 0 Å². The zero-order valence-electron chi connectivity index (χ0n) is 9.07. The predicted octanol–water partition coefficient (Wildman–Crippen LogP) is 1.26. The van der Waals surface area contributed by atoms with Crippen molar-refractivity contribution in [2.45, 2.75) is 6.92 Å². The summed E-state index contributed by atoms with van der Waals surface area (Å²) < 4.78 is 0.683. The molecule has 90 valence electrons. The number of urea groups is 1. The zero-order valence-corrected chi connectivity index (χ0v) is 10.7. The maximum atomic E-state index is 11.6. The highest BCUT2D eigenvalue weighted by atomic mass is 79.9. The van der Waals surface area contributed by atoms with Crippen LogP contribution in [0.5, 0.6) is 0 Å². The van der Waals surface area contributed by atoms with Crippen molar-refractivity contribution in [2.24, 2.45) is 11.8 Å². The minimum Gasteiger partial charge on any atom is -0.481 e. The molecule has 0 aromatic carbocycles. The highest BCUT2D eigenvalue weighted by Crippen LogP contribution is 2.22. The third-order valence-electron chi connectivity index (χ3n) is 2.65. The van der Waals surface area contributed by atoms with Crippen molar-refractivity contribution >= 4 is 27.9 Å². The van der Waals surface area contributed by atoms with Crippen molar-refractivity contribution in [1.82, 2.24) is 10.2 Å². The highest BCUT2D eigenvalue weighted by molar-refractivity contribution is 9.11. The number of hydrogen-bond acceptors (Lipinski definition) is 2. The Morgan fingerprint density at radius 1 is 1.56 bits per heavy atom. The van der Waals surface area contributed by atoms with E-state index in [-0.39, 0.29) is 18.5 Å². The molecule has 2 N–H and O–H groups in total. The van der Waals surface area contributed by atoms with E-state index < -0.39 is 11.9 Å². The van der Waals surface area contributed by atoms with Crippen LogP contribution in [0.25, 0.3) is 0 Å². The Morgan fingerprint density at radius 3 is 2.62 bits per heavy atom. The molecule has 1 rings (SSSR count). The fourth-order valence-electron chi connectivity index (χ4n) is 1.74. The Labute approximate surface area is 103 Å². The molecule has 0 saturated carbocycles. The van der Waals surface area contributed by atoms with E-state index >= 15 is 0 Å². The first-order valence-corrected chi connectivity index (χ1v) is 5.80. The van der Waals surface area contributed by atoms with Crippen LogP contribution in [-0.4, -0.2) is 41.6 Å². The fraction of sp³-hybridized carbons (Fsp3) is 0.600. The number of carboxylic acids is 1. The Morgan fingerprint density at radius 2 is 2.19 bits per heavy atom. The molecule has 1 aliphatic heterocycles. The molecule has 2 amide bonds. The number of nitrogens with one attached hydrogen (secondary N) is 1. The molecule has 0 radical (unpaired) electrons. The van der Waals surface area contributed by atoms with Gasteiger partial charge in [-0.2, -0.15) is 0 Å². The highest BCUT2D eigenvalue weighted by Gasteiger charge is 2.36. The van der Waals surface area contributed by atoms with Crippen LogP contribution < -0.4 is 5.32 Å². The summed E-state index contributed by atoms with van der Waals surface area (Å²) in [6.07, 6.45) is 0. The second kappa shape index (κ2) is 5.34. The number of halogens is 1. The largest absolute Gasteiger partial charge is 0.481 e. The lowest BCUT2D eigenvalue weighted by Gasteiger charge is -2.16. The van der Waals surface area contributed by atoms with Crippen molar-refractivity contribution in [3.63, 3.8) is 0 Å². The Bertz CT molecular complexity index is 319. The van der Waals surface area contributed by atoms with Crippen LogP contribution in [0, 0.1) is 11.8 Å². The maximum absolute atomic E-state index is 11.6. The standard InChI is InChI=1S/C10H15BrN2O3/c1-6-4-13(5-8(6)9(14)15)10(16)12-3-7(2)11/h6,8H,2-5H2,1H3,(H,12,16)(H,14,15)/t6-,8-/m1/s1. The molecule has 6 heteroatoms. The van der Waals surface area contributed by atoms with Gasteiger partial charge in [-0.15, -0.1) is 0 Å². The van der Waals surface area contributed by atoms with Gasteiger partial charge in [-0.1, -0.05) is 29.4 Å². The van der Waals surface area contributed by atoms with Crippen LogP contribution in [0.3, 0.4) is 0 Å². The summed E-state index contributed by atoms with van der Waals surface area (Å²) in [5.74, 6) is -1.30. The summed E-state index contributed by atoms with van der Waals surface area (Å²) in [6, 6.07) is -0.240. The third-order valence-corrected chi connectivity index (χ3v) is 2.93. The van der Waals surface area contributed by atoms with E-state index in [2.05, 4.69) is 27.8 Å². The monoisotopic (exact) mass is 290 g/mol. The Hall–Kier alpha value is -1.04. The van der Waals surface area contributed by atoms with Gasteiger partial charge in [0.15, 0.2) is 0 Å². The molecular weight excluding hydrogens is 276 g/mol. The second-order valence-electron chi connectivity index (χ2n) is 4.00. The smallest absolute Gasteiger partial charge is 0.317 e. The van der Waals surface area contributed by atoms with E-state index in [0.717, 1.165) is 0 Å². The lowest BCUT2D eigenvalue weighted by molar-refractivity contribution is -0.142. The molecule has 0 aromatic rings. The van der Waals surface area contributed by atoms with Gasteiger partial charge < -0.3 is 15.3 Å². The van der Waals surface area contributed by atoms with E-state index in [9.17, 15) is 9.59 Å². The minimum absolute atomic E-state index is 0.00424. The first-order valence-electron chi connectivity index (χ1n) is 5.00. The van der Waals surface area contributed by atoms with E-state index in [0.29, 0.717) is 17.6 Å². The van der Waals surface area contributed by atoms with E-state index in [4.69, 9.17) is 5.11 Å². The predicted molar refractivity (Wildman–Crippen MR) is 63.3 cm³/mol. The molecular formula is C10H15BrN2O3. The summed E-state index contributed by atoms with van der Waals surface area (Å²) in [7, 11) is 0. The van der Waals surface area contributed by atoms with Crippen LogP contribution in [0.15, 0.2) is 11.1 Å². The first-order chi connectivity index (χ1) is 7.41. The molecule has 0 bridgehead atoms. The lowest BCUT2D eigenvalue weighted by Crippen LogP contribution is -2.39. The van der Waals surface area contributed by atoms with Crippen LogP contribution >= 0.6 is 15.9 Å². The van der Waals surface area contributed by atoms with Crippen LogP contribution in [-0.2, 0) is 4.79 Å². The molecule has 1 aliphatic rings. The molecule has 1 heterocycles. The van der Waals surface area contributed by atoms with Crippen molar-refractivity contribution in [3.05, 3.63) is 11.1 Å². The van der Waals surface area contributed by atoms with E-state index in [1.54, 1.807) is 0 Å². The average Bonchev–Trinajstić information content (AvgIpc) is 2.56. The molecule has 1 fully saturated rings. The van der Waals surface area contributed by atoms with Gasteiger partial charge >= 0.3 is 12.0 Å². The lowest BCUT2D eigenvalue weighted by atomic mass is 9.99. The third kappa shape index (κ3) is 3.23. The topological polar surface area (TPSA) is 69.6 Å². The molecule has 0 spiro atoms. The van der Waals surface area contributed by atoms with Gasteiger partial charge in [-0.05, 0) is 5.92 Å². The van der Waals surface area contributed by atoms with Gasteiger partial charge in [0.05, 0.1) is 12.5 Å². The second-order valence-corrected chi connectivity index (χ2v) is 5.12. The Balaban J connectivity index is 2.48. The van der Waals surface area contributed by atoms with Gasteiger partial charge in [0, 0.05) is 17.6 Å². The van der Waals surface area contributed by atoms with E-state index in [1.807, 2.05) is 6.92 Å². The minimum atomic E-state index is -0.840. The van der Waals surface area contributed by atoms with Gasteiger partial charge in [-0.3, -0.25) is 4.79 Å². The summed E-state index contributed by atoms with van der Waals surface area (Å²) in [6.45, 7) is 6.55. The van der Waals surface area contributed by atoms with Gasteiger partial charge in [0.2, 0.25) is 0 Å². The summed E-state index contributed by atoms with van der Waals surface area (Å²) in [5, 5.41) is 11.6. The van der Waals surface area contributed by atoms with Crippen molar-refractivity contribution in [2.75, 3.05) is 19.6 Å². The zero-order chi connectivity index (χ0) is 12.3. The fourth-order valence-corrected chi connectivity index (χ4v) is 1.88. The molecule has 0 aliphatic carbocycles. The molecule has 1 saturated heterocycles. The quantitative estimate of drug-likeness (QED) is 0.822. The van der Waals surface area contributed by atoms with Gasteiger partial charge in [0.25, 0.3) is 0 Å². The number of carbonyl (C=O) groups is 2. The molecule has 2 atom stereocenters. The van der Waals surface area contributed by atoms with Gasteiger partial charge in [-0.25, -0.2) is 4.79 Å². The SMILES string of the molecule is C=C(Br)CNC(=O)N1C[C@@H](C)[C@H](C(=O)O)C1. The molecule has 16 heavy (non-hydrogen) atoms. The average molecular weight is 291 g/mol. The Kier molecular flexibility index (Phi) is 4.35. The van der Waals surface area contributed by atoms with Crippen LogP contribution in [0.4, 0.5) is 4.79 Å². The first kappa shape index (κ1) is 13.0. The summed E-state index contributed by atoms with van der Waals surface area (Å²) >= 11 is 3.14. The van der Waals surface area contributed by atoms with E-state index in [1.165, 1.54) is 4.90 Å². The number of carbonyl (C=O) groups excluding carboxylic acids is 1. The number of rotatable bonds is 3.